The lowest BCUT2D eigenvalue weighted by Gasteiger charge is -2.17. The first-order valence-corrected chi connectivity index (χ1v) is 7.65. The molecule has 0 bridgehead atoms. The molecule has 1 unspecified atom stereocenters. The quantitative estimate of drug-likeness (QED) is 0.594. The number of para-hydroxylation sites is 1. The highest BCUT2D eigenvalue weighted by molar-refractivity contribution is 7.99. The van der Waals surface area contributed by atoms with Gasteiger partial charge in [0.25, 0.3) is 0 Å². The number of hydrogen-bond acceptors (Lipinski definition) is 5. The maximum Gasteiger partial charge on any atom is 0.340 e. The van der Waals surface area contributed by atoms with Gasteiger partial charge in [-0.3, -0.25) is 0 Å². The molecule has 0 heterocycles. The van der Waals surface area contributed by atoms with Crippen molar-refractivity contribution in [2.24, 2.45) is 0 Å². The van der Waals surface area contributed by atoms with Gasteiger partial charge in [-0.15, -0.1) is 0 Å². The molecule has 0 spiro atoms. The summed E-state index contributed by atoms with van der Waals surface area (Å²) >= 11 is 1.86. The second kappa shape index (κ2) is 7.94. The Labute approximate surface area is 119 Å². The molecule has 1 atom stereocenters. The summed E-state index contributed by atoms with van der Waals surface area (Å²) in [6, 6.07) is 5.67. The Morgan fingerprint density at radius 2 is 2.21 bits per heavy atom. The Hall–Kier alpha value is -1.36. The number of nitrogen functional groups attached to an aromatic ring is 1. The molecular weight excluding hydrogens is 260 g/mol. The molecule has 0 fully saturated rings. The summed E-state index contributed by atoms with van der Waals surface area (Å²) < 4.78 is 4.98. The number of hydrogen-bond donors (Lipinski definition) is 2. The molecule has 106 valence electrons. The van der Waals surface area contributed by atoms with Crippen molar-refractivity contribution < 1.29 is 9.53 Å². The lowest BCUT2D eigenvalue weighted by atomic mass is 10.1. The Morgan fingerprint density at radius 3 is 2.84 bits per heavy atom. The minimum Gasteiger partial charge on any atom is -0.462 e. The number of thioether (sulfide) groups is 1. The van der Waals surface area contributed by atoms with Crippen LogP contribution in [0.1, 0.15) is 31.1 Å². The van der Waals surface area contributed by atoms with Gasteiger partial charge in [0, 0.05) is 11.8 Å². The third kappa shape index (κ3) is 4.67. The van der Waals surface area contributed by atoms with Crippen LogP contribution in [-0.2, 0) is 4.74 Å². The van der Waals surface area contributed by atoms with E-state index in [4.69, 9.17) is 10.5 Å². The Bertz CT molecular complexity index is 424. The fraction of sp³-hybridized carbons (Fsp3) is 0.500. The molecule has 1 rings (SSSR count). The fourth-order valence-corrected chi connectivity index (χ4v) is 2.35. The van der Waals surface area contributed by atoms with Crippen molar-refractivity contribution in [3.63, 3.8) is 0 Å². The van der Waals surface area contributed by atoms with Gasteiger partial charge in [-0.25, -0.2) is 4.79 Å². The standard InChI is InChI=1S/C14H22N2O2S/c1-4-18-14(17)11-7-6-8-12(13(11)15)16-10(3)9-19-5-2/h6-8,10,16H,4-5,9,15H2,1-3H3. The van der Waals surface area contributed by atoms with Gasteiger partial charge in [0.05, 0.1) is 23.5 Å². The van der Waals surface area contributed by atoms with Gasteiger partial charge >= 0.3 is 5.97 Å². The molecule has 0 aromatic heterocycles. The van der Waals surface area contributed by atoms with Crippen LogP contribution in [-0.4, -0.2) is 30.1 Å². The predicted octanol–water partition coefficient (Wildman–Crippen LogP) is 3.00. The number of rotatable bonds is 7. The van der Waals surface area contributed by atoms with Gasteiger partial charge in [-0.1, -0.05) is 13.0 Å². The van der Waals surface area contributed by atoms with E-state index in [0.29, 0.717) is 23.9 Å². The van der Waals surface area contributed by atoms with Crippen LogP contribution in [0.15, 0.2) is 18.2 Å². The molecule has 0 aliphatic carbocycles. The highest BCUT2D eigenvalue weighted by atomic mass is 32.2. The highest BCUT2D eigenvalue weighted by Crippen LogP contribution is 2.24. The smallest absolute Gasteiger partial charge is 0.340 e. The first-order chi connectivity index (χ1) is 9.10. The van der Waals surface area contributed by atoms with Gasteiger partial charge < -0.3 is 15.8 Å². The molecule has 5 heteroatoms. The van der Waals surface area contributed by atoms with Gasteiger partial charge in [0.15, 0.2) is 0 Å². The zero-order valence-electron chi connectivity index (χ0n) is 11.7. The third-order valence-corrected chi connectivity index (χ3v) is 3.72. The van der Waals surface area contributed by atoms with E-state index in [-0.39, 0.29) is 5.97 Å². The molecule has 0 radical (unpaired) electrons. The lowest BCUT2D eigenvalue weighted by molar-refractivity contribution is 0.0527. The summed E-state index contributed by atoms with van der Waals surface area (Å²) in [5, 5.41) is 3.33. The number of anilines is 2. The van der Waals surface area contributed by atoms with Crippen molar-refractivity contribution in [2.75, 3.05) is 29.2 Å². The first kappa shape index (κ1) is 15.7. The maximum atomic E-state index is 11.7. The number of esters is 1. The molecule has 1 aromatic carbocycles. The lowest BCUT2D eigenvalue weighted by Crippen LogP contribution is -2.20. The predicted molar refractivity (Wildman–Crippen MR) is 82.9 cm³/mol. The number of benzene rings is 1. The number of nitrogens with one attached hydrogen (secondary N) is 1. The monoisotopic (exact) mass is 282 g/mol. The van der Waals surface area contributed by atoms with Crippen LogP contribution in [0.4, 0.5) is 11.4 Å². The van der Waals surface area contributed by atoms with Crippen LogP contribution in [0.2, 0.25) is 0 Å². The maximum absolute atomic E-state index is 11.7. The van der Waals surface area contributed by atoms with Crippen LogP contribution in [0.3, 0.4) is 0 Å². The largest absolute Gasteiger partial charge is 0.462 e. The summed E-state index contributed by atoms with van der Waals surface area (Å²) in [5.41, 5.74) is 7.68. The molecule has 19 heavy (non-hydrogen) atoms. The minimum absolute atomic E-state index is 0.296. The van der Waals surface area contributed by atoms with E-state index in [1.165, 1.54) is 0 Å². The SMILES string of the molecule is CCOC(=O)c1cccc(NC(C)CSCC)c1N. The average molecular weight is 282 g/mol. The van der Waals surface area contributed by atoms with Gasteiger partial charge in [0.2, 0.25) is 0 Å². The summed E-state index contributed by atoms with van der Waals surface area (Å²) in [6.07, 6.45) is 0. The van der Waals surface area contributed by atoms with Crippen LogP contribution >= 0.6 is 11.8 Å². The molecule has 3 N–H and O–H groups in total. The Kier molecular flexibility index (Phi) is 6.56. The zero-order chi connectivity index (χ0) is 14.3. The van der Waals surface area contributed by atoms with E-state index in [0.717, 1.165) is 17.2 Å². The summed E-state index contributed by atoms with van der Waals surface area (Å²) in [6.45, 7) is 6.35. The Morgan fingerprint density at radius 1 is 1.47 bits per heavy atom. The molecule has 0 saturated carbocycles. The topological polar surface area (TPSA) is 64.3 Å². The van der Waals surface area contributed by atoms with Crippen molar-refractivity contribution >= 4 is 29.1 Å². The zero-order valence-corrected chi connectivity index (χ0v) is 12.5. The van der Waals surface area contributed by atoms with Crippen molar-refractivity contribution in [1.82, 2.24) is 0 Å². The van der Waals surface area contributed by atoms with E-state index >= 15 is 0 Å². The number of carbonyl (C=O) groups excluding carboxylic acids is 1. The Balaban J connectivity index is 2.79. The summed E-state index contributed by atoms with van der Waals surface area (Å²) in [4.78, 5) is 11.7. The molecule has 0 amide bonds. The van der Waals surface area contributed by atoms with Crippen molar-refractivity contribution in [3.05, 3.63) is 23.8 Å². The van der Waals surface area contributed by atoms with E-state index in [1.807, 2.05) is 23.9 Å². The van der Waals surface area contributed by atoms with E-state index in [9.17, 15) is 4.79 Å². The number of nitrogens with two attached hydrogens (primary N) is 1. The van der Waals surface area contributed by atoms with Crippen LogP contribution < -0.4 is 11.1 Å². The van der Waals surface area contributed by atoms with Crippen molar-refractivity contribution in [2.45, 2.75) is 26.8 Å². The number of carbonyl (C=O) groups is 1. The molecule has 0 aliphatic rings. The van der Waals surface area contributed by atoms with Crippen LogP contribution in [0.5, 0.6) is 0 Å². The normalized spacial score (nSPS) is 11.9. The minimum atomic E-state index is -0.376. The number of ether oxygens (including phenoxy) is 1. The van der Waals surface area contributed by atoms with Crippen LogP contribution in [0.25, 0.3) is 0 Å². The van der Waals surface area contributed by atoms with Gasteiger partial charge in [0.1, 0.15) is 0 Å². The van der Waals surface area contributed by atoms with Crippen molar-refractivity contribution in [1.29, 1.82) is 0 Å². The second-order valence-electron chi connectivity index (χ2n) is 4.19. The molecule has 1 aromatic rings. The molecule has 0 saturated heterocycles. The van der Waals surface area contributed by atoms with Crippen molar-refractivity contribution in [3.8, 4) is 0 Å². The molecular formula is C14H22N2O2S. The second-order valence-corrected chi connectivity index (χ2v) is 5.51. The van der Waals surface area contributed by atoms with Gasteiger partial charge in [-0.05, 0) is 31.7 Å². The average Bonchev–Trinajstić information content (AvgIpc) is 2.39. The van der Waals surface area contributed by atoms with E-state index in [2.05, 4.69) is 19.2 Å². The highest BCUT2D eigenvalue weighted by Gasteiger charge is 2.14. The summed E-state index contributed by atoms with van der Waals surface area (Å²) in [7, 11) is 0. The first-order valence-electron chi connectivity index (χ1n) is 6.50. The molecule has 0 aliphatic heterocycles. The van der Waals surface area contributed by atoms with E-state index in [1.54, 1.807) is 13.0 Å². The third-order valence-electron chi connectivity index (χ3n) is 2.58. The van der Waals surface area contributed by atoms with E-state index < -0.39 is 0 Å². The summed E-state index contributed by atoms with van der Waals surface area (Å²) in [5.74, 6) is 1.71. The fourth-order valence-electron chi connectivity index (χ4n) is 1.68. The molecule has 4 nitrogen and oxygen atoms in total. The van der Waals surface area contributed by atoms with Gasteiger partial charge in [-0.2, -0.15) is 11.8 Å². The van der Waals surface area contributed by atoms with Crippen LogP contribution in [0, 0.1) is 0 Å².